The molecule has 0 saturated heterocycles. The highest BCUT2D eigenvalue weighted by molar-refractivity contribution is 6.06. The van der Waals surface area contributed by atoms with Crippen LogP contribution in [-0.2, 0) is 13.0 Å². The zero-order valence-corrected chi connectivity index (χ0v) is 15.5. The summed E-state index contributed by atoms with van der Waals surface area (Å²) in [6, 6.07) is 9.49. The molecule has 0 bridgehead atoms. The average Bonchev–Trinajstić information content (AvgIpc) is 3.07. The maximum absolute atomic E-state index is 13.0. The summed E-state index contributed by atoms with van der Waals surface area (Å²) < 4.78 is 1.93. The predicted octanol–water partition coefficient (Wildman–Crippen LogP) is 3.03. The molecular formula is C20H26N4O2. The van der Waals surface area contributed by atoms with Gasteiger partial charge in [0, 0.05) is 25.8 Å². The standard InChI is InChI=1S/C20H26N4O2/c1-3-4-13-21-19(25)18-22-17(16-12-8-9-14-24(16)18)20(26)23(2)15-10-6-5-7-11-15/h5-7,10-11H,3-4,8-9,12-14H2,1-2H3,(H,21,25). The van der Waals surface area contributed by atoms with E-state index in [-0.39, 0.29) is 11.8 Å². The Balaban J connectivity index is 1.90. The molecule has 0 unspecified atom stereocenters. The Labute approximate surface area is 154 Å². The van der Waals surface area contributed by atoms with E-state index in [1.165, 1.54) is 0 Å². The molecule has 0 spiro atoms. The van der Waals surface area contributed by atoms with Crippen LogP contribution in [0, 0.1) is 0 Å². The normalized spacial score (nSPS) is 13.2. The van der Waals surface area contributed by atoms with Gasteiger partial charge in [-0.05, 0) is 37.8 Å². The second kappa shape index (κ2) is 8.17. The summed E-state index contributed by atoms with van der Waals surface area (Å²) in [5.41, 5.74) is 2.09. The van der Waals surface area contributed by atoms with Crippen LogP contribution in [0.3, 0.4) is 0 Å². The van der Waals surface area contributed by atoms with Crippen molar-refractivity contribution in [3.8, 4) is 0 Å². The molecule has 6 nitrogen and oxygen atoms in total. The van der Waals surface area contributed by atoms with Crippen molar-refractivity contribution in [3.05, 3.63) is 47.5 Å². The Kier molecular flexibility index (Phi) is 5.71. The van der Waals surface area contributed by atoms with Crippen LogP contribution in [0.25, 0.3) is 0 Å². The summed E-state index contributed by atoms with van der Waals surface area (Å²) in [4.78, 5) is 31.7. The third-order valence-corrected chi connectivity index (χ3v) is 4.79. The number of benzene rings is 1. The van der Waals surface area contributed by atoms with Gasteiger partial charge in [0.15, 0.2) is 11.5 Å². The molecule has 2 aromatic rings. The molecule has 0 saturated carbocycles. The first-order valence-corrected chi connectivity index (χ1v) is 9.34. The van der Waals surface area contributed by atoms with Gasteiger partial charge in [0.25, 0.3) is 11.8 Å². The number of anilines is 1. The highest BCUT2D eigenvalue weighted by Crippen LogP contribution is 2.23. The second-order valence-corrected chi connectivity index (χ2v) is 6.65. The first kappa shape index (κ1) is 18.2. The van der Waals surface area contributed by atoms with Crippen LogP contribution in [0.15, 0.2) is 30.3 Å². The Hall–Kier alpha value is -2.63. The van der Waals surface area contributed by atoms with Crippen LogP contribution in [0.5, 0.6) is 0 Å². The number of aromatic nitrogens is 2. The second-order valence-electron chi connectivity index (χ2n) is 6.65. The lowest BCUT2D eigenvalue weighted by Crippen LogP contribution is -2.28. The van der Waals surface area contributed by atoms with E-state index in [4.69, 9.17) is 0 Å². The lowest BCUT2D eigenvalue weighted by atomic mass is 10.1. The molecule has 1 N–H and O–H groups in total. The van der Waals surface area contributed by atoms with E-state index < -0.39 is 0 Å². The van der Waals surface area contributed by atoms with Gasteiger partial charge < -0.3 is 14.8 Å². The molecule has 1 aliphatic rings. The van der Waals surface area contributed by atoms with E-state index >= 15 is 0 Å². The lowest BCUT2D eigenvalue weighted by molar-refractivity contribution is 0.0937. The molecule has 1 aliphatic heterocycles. The fraction of sp³-hybridized carbons (Fsp3) is 0.450. The maximum atomic E-state index is 13.0. The number of unbranched alkanes of at least 4 members (excludes halogenated alkanes) is 1. The lowest BCUT2D eigenvalue weighted by Gasteiger charge is -2.19. The number of rotatable bonds is 6. The Morgan fingerprint density at radius 1 is 1.23 bits per heavy atom. The van der Waals surface area contributed by atoms with Gasteiger partial charge in [-0.15, -0.1) is 0 Å². The Morgan fingerprint density at radius 2 is 2.00 bits per heavy atom. The van der Waals surface area contributed by atoms with Gasteiger partial charge in [0.2, 0.25) is 0 Å². The molecule has 3 rings (SSSR count). The van der Waals surface area contributed by atoms with E-state index in [2.05, 4.69) is 17.2 Å². The van der Waals surface area contributed by atoms with Crippen LogP contribution < -0.4 is 10.2 Å². The van der Waals surface area contributed by atoms with Gasteiger partial charge in [-0.2, -0.15) is 0 Å². The van der Waals surface area contributed by atoms with Crippen LogP contribution in [0.2, 0.25) is 0 Å². The maximum Gasteiger partial charge on any atom is 0.287 e. The fourth-order valence-electron chi connectivity index (χ4n) is 3.27. The molecule has 1 aromatic heterocycles. The molecule has 0 fully saturated rings. The summed E-state index contributed by atoms with van der Waals surface area (Å²) in [7, 11) is 1.74. The molecule has 0 aliphatic carbocycles. The van der Waals surface area contributed by atoms with Crippen molar-refractivity contribution in [2.75, 3.05) is 18.5 Å². The van der Waals surface area contributed by atoms with E-state index in [0.717, 1.165) is 50.0 Å². The monoisotopic (exact) mass is 354 g/mol. The summed E-state index contributed by atoms with van der Waals surface area (Å²) >= 11 is 0. The number of para-hydroxylation sites is 1. The smallest absolute Gasteiger partial charge is 0.287 e. The van der Waals surface area contributed by atoms with Crippen LogP contribution in [0.4, 0.5) is 5.69 Å². The van der Waals surface area contributed by atoms with Crippen LogP contribution >= 0.6 is 0 Å². The summed E-state index contributed by atoms with van der Waals surface area (Å²) in [6.45, 7) is 3.45. The highest BCUT2D eigenvalue weighted by Gasteiger charge is 2.29. The number of imidazole rings is 1. The number of carbonyl (C=O) groups is 2. The first-order valence-electron chi connectivity index (χ1n) is 9.34. The summed E-state index contributed by atoms with van der Waals surface area (Å²) in [6.07, 6.45) is 4.74. The molecule has 6 heteroatoms. The molecule has 0 radical (unpaired) electrons. The molecule has 26 heavy (non-hydrogen) atoms. The van der Waals surface area contributed by atoms with Gasteiger partial charge in [-0.25, -0.2) is 4.98 Å². The minimum Gasteiger partial charge on any atom is -0.349 e. The number of amides is 2. The Bertz CT molecular complexity index is 783. The highest BCUT2D eigenvalue weighted by atomic mass is 16.2. The minimum atomic E-state index is -0.192. The zero-order chi connectivity index (χ0) is 18.5. The van der Waals surface area contributed by atoms with Crippen molar-refractivity contribution in [1.29, 1.82) is 0 Å². The van der Waals surface area contributed by atoms with Crippen LogP contribution in [-0.4, -0.2) is 35.0 Å². The number of hydrogen-bond acceptors (Lipinski definition) is 3. The van der Waals surface area contributed by atoms with E-state index in [1.807, 2.05) is 34.9 Å². The molecule has 0 atom stereocenters. The number of fused-ring (bicyclic) bond motifs is 1. The molecule has 138 valence electrons. The van der Waals surface area contributed by atoms with Crippen molar-refractivity contribution < 1.29 is 9.59 Å². The molecule has 2 amide bonds. The van der Waals surface area contributed by atoms with Crippen molar-refractivity contribution in [1.82, 2.24) is 14.9 Å². The number of nitrogens with zero attached hydrogens (tertiary/aromatic N) is 3. The largest absolute Gasteiger partial charge is 0.349 e. The van der Waals surface area contributed by atoms with Gasteiger partial charge in [0.05, 0.1) is 5.69 Å². The number of carbonyl (C=O) groups excluding carboxylic acids is 2. The minimum absolute atomic E-state index is 0.172. The molecular weight excluding hydrogens is 328 g/mol. The number of nitrogens with one attached hydrogen (secondary N) is 1. The quantitative estimate of drug-likeness (QED) is 0.811. The van der Waals surface area contributed by atoms with E-state index in [9.17, 15) is 9.59 Å². The van der Waals surface area contributed by atoms with E-state index in [0.29, 0.717) is 18.1 Å². The first-order chi connectivity index (χ1) is 12.6. The molecule has 2 heterocycles. The van der Waals surface area contributed by atoms with Gasteiger partial charge >= 0.3 is 0 Å². The molecule has 1 aromatic carbocycles. The Morgan fingerprint density at radius 3 is 2.73 bits per heavy atom. The van der Waals surface area contributed by atoms with Gasteiger partial charge in [-0.3, -0.25) is 9.59 Å². The topological polar surface area (TPSA) is 67.2 Å². The van der Waals surface area contributed by atoms with Crippen molar-refractivity contribution in [2.24, 2.45) is 0 Å². The van der Waals surface area contributed by atoms with Crippen LogP contribution in [0.1, 0.15) is 59.4 Å². The summed E-state index contributed by atoms with van der Waals surface area (Å²) in [5.74, 6) is -0.00177. The SMILES string of the molecule is CCCCNC(=O)c1nc(C(=O)N(C)c2ccccc2)c2n1CCCC2. The van der Waals surface area contributed by atoms with E-state index in [1.54, 1.807) is 11.9 Å². The third-order valence-electron chi connectivity index (χ3n) is 4.79. The zero-order valence-electron chi connectivity index (χ0n) is 15.5. The third kappa shape index (κ3) is 3.64. The predicted molar refractivity (Wildman–Crippen MR) is 102 cm³/mol. The van der Waals surface area contributed by atoms with Crippen molar-refractivity contribution in [2.45, 2.75) is 45.6 Å². The van der Waals surface area contributed by atoms with Crippen molar-refractivity contribution >= 4 is 17.5 Å². The average molecular weight is 354 g/mol. The van der Waals surface area contributed by atoms with Gasteiger partial charge in [-0.1, -0.05) is 31.5 Å². The summed E-state index contributed by atoms with van der Waals surface area (Å²) in [5, 5.41) is 2.92. The number of hydrogen-bond donors (Lipinski definition) is 1. The van der Waals surface area contributed by atoms with Crippen molar-refractivity contribution in [3.63, 3.8) is 0 Å². The van der Waals surface area contributed by atoms with Gasteiger partial charge in [0.1, 0.15) is 0 Å². The fourth-order valence-corrected chi connectivity index (χ4v) is 3.27.